The largest absolute Gasteiger partial charge is 0.403 e. The molecule has 2 unspecified atom stereocenters. The number of pyridine rings is 2. The van der Waals surface area contributed by atoms with Crippen LogP contribution in [0.5, 0.6) is 0 Å². The Labute approximate surface area is 245 Å². The molecule has 0 spiro atoms. The van der Waals surface area contributed by atoms with Gasteiger partial charge in [0.25, 0.3) is 0 Å². The first-order valence-electron chi connectivity index (χ1n) is 13.9. The Morgan fingerprint density at radius 2 is 1.79 bits per heavy atom. The number of rotatable bonds is 8. The number of fused-ring (bicyclic) bond motifs is 2. The second-order valence-corrected chi connectivity index (χ2v) is 12.9. The summed E-state index contributed by atoms with van der Waals surface area (Å²) in [6.45, 7) is 5.36. The van der Waals surface area contributed by atoms with Gasteiger partial charge in [-0.15, -0.1) is 0 Å². The Morgan fingerprint density at radius 3 is 2.38 bits per heavy atom. The molecule has 42 heavy (non-hydrogen) atoms. The van der Waals surface area contributed by atoms with E-state index in [9.17, 15) is 13.7 Å². The van der Waals surface area contributed by atoms with E-state index < -0.39 is 9.84 Å². The predicted molar refractivity (Wildman–Crippen MR) is 162 cm³/mol. The van der Waals surface area contributed by atoms with E-state index in [4.69, 9.17) is 10.7 Å². The van der Waals surface area contributed by atoms with E-state index >= 15 is 0 Å². The van der Waals surface area contributed by atoms with Gasteiger partial charge in [-0.2, -0.15) is 10.4 Å². The van der Waals surface area contributed by atoms with Gasteiger partial charge in [-0.1, -0.05) is 12.1 Å². The van der Waals surface area contributed by atoms with E-state index in [1.165, 1.54) is 12.5 Å². The molecule has 0 amide bonds. The molecule has 0 aliphatic carbocycles. The van der Waals surface area contributed by atoms with E-state index in [0.29, 0.717) is 28.2 Å². The maximum Gasteiger partial charge on any atom is 0.175 e. The molecule has 0 radical (unpaired) electrons. The molecule has 11 heteroatoms. The smallest absolute Gasteiger partial charge is 0.175 e. The zero-order valence-corrected chi connectivity index (χ0v) is 24.4. The Kier molecular flexibility index (Phi) is 7.26. The minimum absolute atomic E-state index is 0.298. The number of aromatic nitrogens is 4. The van der Waals surface area contributed by atoms with Crippen molar-refractivity contribution in [2.45, 2.75) is 43.4 Å². The number of sulfone groups is 1. The van der Waals surface area contributed by atoms with Gasteiger partial charge in [-0.05, 0) is 49.2 Å². The third kappa shape index (κ3) is 5.26. The number of nitrogens with two attached hydrogens (primary N) is 1. The van der Waals surface area contributed by atoms with Crippen LogP contribution < -0.4 is 10.6 Å². The molecule has 3 aliphatic rings. The molecule has 2 bridgehead atoms. The molecule has 2 atom stereocenters. The van der Waals surface area contributed by atoms with Crippen molar-refractivity contribution in [2.24, 2.45) is 5.73 Å². The van der Waals surface area contributed by atoms with Crippen LogP contribution in [0.1, 0.15) is 24.6 Å². The fourth-order valence-corrected chi connectivity index (χ4v) is 6.46. The first-order chi connectivity index (χ1) is 20.3. The molecule has 3 fully saturated rings. The maximum atomic E-state index is 11.8. The number of piperazine rings is 1. The molecule has 10 nitrogen and oxygen atoms in total. The van der Waals surface area contributed by atoms with E-state index in [-0.39, 0.29) is 0 Å². The second-order valence-electron chi connectivity index (χ2n) is 10.8. The van der Waals surface area contributed by atoms with Crippen LogP contribution in [0, 0.1) is 11.3 Å². The number of benzene rings is 1. The lowest BCUT2D eigenvalue weighted by Gasteiger charge is -2.56. The molecule has 3 saturated heterocycles. The molecular formula is C31H32N8O2S. The van der Waals surface area contributed by atoms with Gasteiger partial charge < -0.3 is 10.6 Å². The summed E-state index contributed by atoms with van der Waals surface area (Å²) in [5.74, 6) is 0.912. The Balaban J connectivity index is 1.19. The number of nitriles is 1. The van der Waals surface area contributed by atoms with Crippen molar-refractivity contribution in [3.05, 3.63) is 84.7 Å². The Morgan fingerprint density at radius 1 is 1.05 bits per heavy atom. The van der Waals surface area contributed by atoms with Gasteiger partial charge in [-0.3, -0.25) is 14.6 Å². The zero-order valence-electron chi connectivity index (χ0n) is 23.6. The van der Waals surface area contributed by atoms with Gasteiger partial charge >= 0.3 is 0 Å². The van der Waals surface area contributed by atoms with E-state index in [1.54, 1.807) is 18.3 Å². The van der Waals surface area contributed by atoms with Gasteiger partial charge in [0.1, 0.15) is 11.9 Å². The highest BCUT2D eigenvalue weighted by atomic mass is 32.2. The first kappa shape index (κ1) is 27.6. The van der Waals surface area contributed by atoms with Crippen LogP contribution in [0.4, 0.5) is 5.82 Å². The van der Waals surface area contributed by atoms with Gasteiger partial charge in [0.05, 0.1) is 22.4 Å². The molecule has 2 N–H and O–H groups in total. The van der Waals surface area contributed by atoms with Crippen LogP contribution in [0.2, 0.25) is 0 Å². The molecule has 3 aromatic heterocycles. The summed E-state index contributed by atoms with van der Waals surface area (Å²) < 4.78 is 25.4. The number of nitrogens with zero attached hydrogens (tertiary/aromatic N) is 7. The van der Waals surface area contributed by atoms with Crippen LogP contribution in [0.3, 0.4) is 0 Å². The molecule has 3 aliphatic heterocycles. The minimum Gasteiger partial charge on any atom is -0.403 e. The van der Waals surface area contributed by atoms with E-state index in [1.807, 2.05) is 60.5 Å². The minimum atomic E-state index is -3.19. The number of anilines is 1. The van der Waals surface area contributed by atoms with Crippen molar-refractivity contribution in [2.75, 3.05) is 24.2 Å². The Bertz CT molecular complexity index is 1780. The molecule has 214 valence electrons. The highest BCUT2D eigenvalue weighted by Gasteiger charge is 2.44. The van der Waals surface area contributed by atoms with Crippen molar-refractivity contribution in [3.8, 4) is 28.3 Å². The number of aryl methyl sites for hydroxylation is 1. The number of piperidine rings is 1. The molecule has 4 aromatic rings. The van der Waals surface area contributed by atoms with Gasteiger partial charge in [0, 0.05) is 91.6 Å². The summed E-state index contributed by atoms with van der Waals surface area (Å²) in [5.41, 5.74) is 11.2. The van der Waals surface area contributed by atoms with Crippen molar-refractivity contribution >= 4 is 21.2 Å². The van der Waals surface area contributed by atoms with Crippen molar-refractivity contribution < 1.29 is 8.42 Å². The summed E-state index contributed by atoms with van der Waals surface area (Å²) in [7, 11) is -3.19. The van der Waals surface area contributed by atoms with Crippen molar-refractivity contribution in [1.82, 2.24) is 24.6 Å². The fraction of sp³-hybridized carbons (Fsp3) is 0.290. The Hall–Kier alpha value is -4.53. The highest BCUT2D eigenvalue weighted by molar-refractivity contribution is 7.90. The molecule has 6 heterocycles. The van der Waals surface area contributed by atoms with Crippen LogP contribution in [0.15, 0.2) is 78.3 Å². The predicted octanol–water partition coefficient (Wildman–Crippen LogP) is 3.72. The molecule has 7 rings (SSSR count). The van der Waals surface area contributed by atoms with Crippen molar-refractivity contribution in [3.63, 3.8) is 0 Å². The van der Waals surface area contributed by atoms with Crippen LogP contribution in [0.25, 0.3) is 27.8 Å². The number of hydrogen-bond acceptors (Lipinski definition) is 9. The number of hydrogen-bond donors (Lipinski definition) is 1. The average Bonchev–Trinajstić information content (AvgIpc) is 3.50. The summed E-state index contributed by atoms with van der Waals surface area (Å²) in [6.07, 6.45) is 11.0. The fourth-order valence-electron chi connectivity index (χ4n) is 5.83. The molecule has 1 aromatic carbocycles. The van der Waals surface area contributed by atoms with Gasteiger partial charge in [0.15, 0.2) is 9.84 Å². The third-order valence-electron chi connectivity index (χ3n) is 8.16. The van der Waals surface area contributed by atoms with E-state index in [2.05, 4.69) is 26.0 Å². The summed E-state index contributed by atoms with van der Waals surface area (Å²) in [5, 5.41) is 14.1. The first-order valence-corrected chi connectivity index (χ1v) is 15.8. The lowest BCUT2D eigenvalue weighted by Crippen LogP contribution is -2.68. The topological polar surface area (TPSA) is 134 Å². The summed E-state index contributed by atoms with van der Waals surface area (Å²) in [6, 6.07) is 16.3. The SMILES string of the molecule is CCn1cc(-c2cnc(C(C#N)=CN)c(-c3ccc(N4CC5CC(C4)N5Cc4ccc(S(C)(=O)=O)cc4)nc3)c2)cn1. The average molecular weight is 581 g/mol. The summed E-state index contributed by atoms with van der Waals surface area (Å²) >= 11 is 0. The van der Waals surface area contributed by atoms with Gasteiger partial charge in [-0.25, -0.2) is 13.4 Å². The molecular weight excluding hydrogens is 548 g/mol. The van der Waals surface area contributed by atoms with E-state index in [0.717, 1.165) is 66.2 Å². The van der Waals surface area contributed by atoms with Crippen LogP contribution in [-0.4, -0.2) is 64.5 Å². The normalized spacial score (nSPS) is 18.9. The van der Waals surface area contributed by atoms with Crippen LogP contribution in [-0.2, 0) is 22.9 Å². The summed E-state index contributed by atoms with van der Waals surface area (Å²) in [4.78, 5) is 14.6. The maximum absolute atomic E-state index is 11.8. The standard InChI is InChI=1S/C31H32N8O2S/c1-3-38-18-25(16-36-38)23-10-29(31(35-15-23)24(12-32)13-33)22-6-9-30(34-14-22)37-19-26-11-27(20-37)39(26)17-21-4-7-28(8-5-21)42(2,40)41/h4-10,12,14-16,18,26-27H,3,11,17,19-20,32H2,1-2H3. The van der Waals surface area contributed by atoms with Crippen molar-refractivity contribution in [1.29, 1.82) is 5.26 Å². The third-order valence-corrected chi connectivity index (χ3v) is 9.29. The highest BCUT2D eigenvalue weighted by Crippen LogP contribution is 2.37. The van der Waals surface area contributed by atoms with Gasteiger partial charge in [0.2, 0.25) is 0 Å². The lowest BCUT2D eigenvalue weighted by molar-refractivity contribution is -0.00869. The lowest BCUT2D eigenvalue weighted by atomic mass is 9.86. The molecule has 0 saturated carbocycles. The number of allylic oxidation sites excluding steroid dienone is 1. The quantitative estimate of drug-likeness (QED) is 0.310. The monoisotopic (exact) mass is 580 g/mol. The second kappa shape index (κ2) is 11.0. The van der Waals surface area contributed by atoms with Crippen LogP contribution >= 0.6 is 0 Å². The zero-order chi connectivity index (χ0) is 29.4.